The second kappa shape index (κ2) is 6.86. The molecule has 19 heavy (non-hydrogen) atoms. The minimum atomic E-state index is -4.51. The molecule has 1 rings (SSSR count). The lowest BCUT2D eigenvalue weighted by atomic mass is 10.1. The molecule has 2 nitrogen and oxygen atoms in total. The summed E-state index contributed by atoms with van der Waals surface area (Å²) in [5, 5.41) is 3.00. The molecule has 0 aromatic heterocycles. The van der Waals surface area contributed by atoms with Crippen LogP contribution in [0.15, 0.2) is 18.2 Å². The molecule has 1 N–H and O–H groups in total. The average molecular weight is 278 g/mol. The topological polar surface area (TPSA) is 15.3 Å². The summed E-state index contributed by atoms with van der Waals surface area (Å²) in [5.41, 5.74) is -0.644. The van der Waals surface area contributed by atoms with E-state index in [2.05, 4.69) is 5.32 Å². The molecular formula is C13H18F4N2. The Balaban J connectivity index is 2.52. The smallest absolute Gasteiger partial charge is 0.313 e. The fraction of sp³-hybridized carbons (Fsp3) is 0.538. The molecule has 0 bridgehead atoms. The quantitative estimate of drug-likeness (QED) is 0.636. The van der Waals surface area contributed by atoms with E-state index in [-0.39, 0.29) is 6.54 Å². The van der Waals surface area contributed by atoms with Gasteiger partial charge in [-0.15, -0.1) is 0 Å². The maximum Gasteiger partial charge on any atom is 0.416 e. The zero-order valence-corrected chi connectivity index (χ0v) is 11.0. The van der Waals surface area contributed by atoms with Crippen LogP contribution in [0.4, 0.5) is 17.6 Å². The van der Waals surface area contributed by atoms with Gasteiger partial charge in [-0.25, -0.2) is 4.39 Å². The minimum absolute atomic E-state index is 0.230. The molecule has 0 saturated carbocycles. The molecule has 6 heteroatoms. The van der Waals surface area contributed by atoms with Gasteiger partial charge in [0.15, 0.2) is 0 Å². The molecule has 0 amide bonds. The normalized spacial score (nSPS) is 12.2. The molecular weight excluding hydrogens is 260 g/mol. The molecule has 0 saturated heterocycles. The van der Waals surface area contributed by atoms with Crippen molar-refractivity contribution in [1.82, 2.24) is 10.2 Å². The third-order valence-electron chi connectivity index (χ3n) is 2.57. The standard InChI is InChI=1S/C13H18F4N2/c1-19(2)5-3-4-18-9-10-6-11(13(15,16)17)8-12(14)7-10/h6-8,18H,3-5,9H2,1-2H3. The second-order valence-corrected chi connectivity index (χ2v) is 4.68. The van der Waals surface area contributed by atoms with Gasteiger partial charge in [-0.05, 0) is 57.4 Å². The van der Waals surface area contributed by atoms with E-state index in [1.807, 2.05) is 19.0 Å². The Morgan fingerprint density at radius 2 is 1.84 bits per heavy atom. The first-order valence-corrected chi connectivity index (χ1v) is 6.01. The highest BCUT2D eigenvalue weighted by Crippen LogP contribution is 2.30. The van der Waals surface area contributed by atoms with E-state index in [1.165, 1.54) is 0 Å². The Hall–Kier alpha value is -1.14. The number of hydrogen-bond donors (Lipinski definition) is 1. The van der Waals surface area contributed by atoms with Crippen molar-refractivity contribution in [2.24, 2.45) is 0 Å². The van der Waals surface area contributed by atoms with E-state index in [0.717, 1.165) is 25.1 Å². The molecule has 0 unspecified atom stereocenters. The van der Waals surface area contributed by atoms with Gasteiger partial charge in [0.2, 0.25) is 0 Å². The van der Waals surface area contributed by atoms with Crippen molar-refractivity contribution < 1.29 is 17.6 Å². The summed E-state index contributed by atoms with van der Waals surface area (Å²) in [6, 6.07) is 2.60. The lowest BCUT2D eigenvalue weighted by Crippen LogP contribution is -2.21. The maximum atomic E-state index is 13.1. The highest BCUT2D eigenvalue weighted by Gasteiger charge is 2.31. The molecule has 0 radical (unpaired) electrons. The van der Waals surface area contributed by atoms with E-state index in [1.54, 1.807) is 0 Å². The Morgan fingerprint density at radius 1 is 1.16 bits per heavy atom. The summed E-state index contributed by atoms with van der Waals surface area (Å²) < 4.78 is 50.6. The van der Waals surface area contributed by atoms with Crippen LogP contribution in [0, 0.1) is 5.82 Å². The van der Waals surface area contributed by atoms with Crippen LogP contribution in [-0.2, 0) is 12.7 Å². The van der Waals surface area contributed by atoms with Crippen LogP contribution in [0.25, 0.3) is 0 Å². The first-order chi connectivity index (χ1) is 8.79. The Morgan fingerprint density at radius 3 is 2.42 bits per heavy atom. The second-order valence-electron chi connectivity index (χ2n) is 4.68. The summed E-state index contributed by atoms with van der Waals surface area (Å²) in [7, 11) is 3.89. The maximum absolute atomic E-state index is 13.1. The van der Waals surface area contributed by atoms with Crippen molar-refractivity contribution in [2.75, 3.05) is 27.2 Å². The third-order valence-corrected chi connectivity index (χ3v) is 2.57. The summed E-state index contributed by atoms with van der Waals surface area (Å²) in [6.45, 7) is 1.80. The number of rotatable bonds is 6. The van der Waals surface area contributed by atoms with Crippen LogP contribution in [0.5, 0.6) is 0 Å². The van der Waals surface area contributed by atoms with E-state index in [4.69, 9.17) is 0 Å². The van der Waals surface area contributed by atoms with Gasteiger partial charge in [0.05, 0.1) is 5.56 Å². The van der Waals surface area contributed by atoms with E-state index in [0.29, 0.717) is 18.2 Å². The molecule has 0 spiro atoms. The number of nitrogens with one attached hydrogen (secondary N) is 1. The third kappa shape index (κ3) is 6.02. The van der Waals surface area contributed by atoms with E-state index >= 15 is 0 Å². The van der Waals surface area contributed by atoms with Crippen molar-refractivity contribution in [3.63, 3.8) is 0 Å². The predicted molar refractivity (Wildman–Crippen MR) is 66.3 cm³/mol. The van der Waals surface area contributed by atoms with Gasteiger partial charge in [0.25, 0.3) is 0 Å². The zero-order chi connectivity index (χ0) is 14.5. The first-order valence-electron chi connectivity index (χ1n) is 6.01. The van der Waals surface area contributed by atoms with Gasteiger partial charge in [-0.1, -0.05) is 0 Å². The van der Waals surface area contributed by atoms with Crippen LogP contribution >= 0.6 is 0 Å². The fourth-order valence-electron chi connectivity index (χ4n) is 1.67. The SMILES string of the molecule is CN(C)CCCNCc1cc(F)cc(C(F)(F)F)c1. The van der Waals surface area contributed by atoms with Crippen LogP contribution in [-0.4, -0.2) is 32.1 Å². The Kier molecular flexibility index (Phi) is 5.75. The first kappa shape index (κ1) is 15.9. The highest BCUT2D eigenvalue weighted by molar-refractivity contribution is 5.26. The van der Waals surface area contributed by atoms with Crippen LogP contribution in [0.3, 0.4) is 0 Å². The van der Waals surface area contributed by atoms with E-state index in [9.17, 15) is 17.6 Å². The Labute approximate surface area is 110 Å². The predicted octanol–water partition coefficient (Wildman–Crippen LogP) is 2.89. The summed E-state index contributed by atoms with van der Waals surface area (Å²) in [5.74, 6) is -0.861. The molecule has 1 aromatic carbocycles. The lowest BCUT2D eigenvalue weighted by Gasteiger charge is -2.11. The summed E-state index contributed by atoms with van der Waals surface area (Å²) in [6.07, 6.45) is -3.63. The van der Waals surface area contributed by atoms with Gasteiger partial charge < -0.3 is 10.2 Å². The molecule has 0 fully saturated rings. The molecule has 0 aliphatic heterocycles. The van der Waals surface area contributed by atoms with Crippen molar-refractivity contribution in [1.29, 1.82) is 0 Å². The molecule has 0 aliphatic rings. The van der Waals surface area contributed by atoms with Gasteiger partial charge in [0, 0.05) is 6.54 Å². The number of hydrogen-bond acceptors (Lipinski definition) is 2. The van der Waals surface area contributed by atoms with Crippen LogP contribution in [0.1, 0.15) is 17.5 Å². The largest absolute Gasteiger partial charge is 0.416 e. The van der Waals surface area contributed by atoms with E-state index < -0.39 is 17.6 Å². The van der Waals surface area contributed by atoms with Gasteiger partial charge in [-0.3, -0.25) is 0 Å². The summed E-state index contributed by atoms with van der Waals surface area (Å²) >= 11 is 0. The molecule has 0 heterocycles. The lowest BCUT2D eigenvalue weighted by molar-refractivity contribution is -0.137. The van der Waals surface area contributed by atoms with Crippen molar-refractivity contribution in [2.45, 2.75) is 19.1 Å². The molecule has 0 atom stereocenters. The summed E-state index contributed by atoms with van der Waals surface area (Å²) in [4.78, 5) is 2.02. The minimum Gasteiger partial charge on any atom is -0.313 e. The van der Waals surface area contributed by atoms with Gasteiger partial charge in [0.1, 0.15) is 5.82 Å². The van der Waals surface area contributed by atoms with Gasteiger partial charge in [-0.2, -0.15) is 13.2 Å². The average Bonchev–Trinajstić information content (AvgIpc) is 2.26. The van der Waals surface area contributed by atoms with Crippen molar-refractivity contribution in [3.8, 4) is 0 Å². The zero-order valence-electron chi connectivity index (χ0n) is 11.0. The number of nitrogens with zero attached hydrogens (tertiary/aromatic N) is 1. The van der Waals surface area contributed by atoms with Gasteiger partial charge >= 0.3 is 6.18 Å². The molecule has 1 aromatic rings. The van der Waals surface area contributed by atoms with Crippen LogP contribution in [0.2, 0.25) is 0 Å². The molecule has 0 aliphatic carbocycles. The monoisotopic (exact) mass is 278 g/mol. The van der Waals surface area contributed by atoms with Crippen LogP contribution < -0.4 is 5.32 Å². The number of halogens is 4. The number of benzene rings is 1. The molecule has 108 valence electrons. The number of alkyl halides is 3. The highest BCUT2D eigenvalue weighted by atomic mass is 19.4. The van der Waals surface area contributed by atoms with Crippen molar-refractivity contribution in [3.05, 3.63) is 35.1 Å². The van der Waals surface area contributed by atoms with Crippen molar-refractivity contribution >= 4 is 0 Å². The fourth-order valence-corrected chi connectivity index (χ4v) is 1.67. The Bertz CT molecular complexity index is 402.